The summed E-state index contributed by atoms with van der Waals surface area (Å²) >= 11 is 0. The molecule has 2 atom stereocenters. The molecular weight excluding hydrogens is 240 g/mol. The number of nitrogen functional groups attached to an aromatic ring is 1. The van der Waals surface area contributed by atoms with Gasteiger partial charge in [0.2, 0.25) is 0 Å². The molecule has 1 heterocycles. The van der Waals surface area contributed by atoms with Gasteiger partial charge in [0.15, 0.2) is 0 Å². The lowest BCUT2D eigenvalue weighted by Gasteiger charge is -2.41. The molecule has 1 aliphatic rings. The van der Waals surface area contributed by atoms with Crippen molar-refractivity contribution >= 4 is 17.3 Å². The first-order valence-electron chi connectivity index (χ1n) is 6.80. The smallest absolute Gasteiger partial charge is 0.337 e. The van der Waals surface area contributed by atoms with E-state index in [0.717, 1.165) is 5.69 Å². The Balaban J connectivity index is 2.32. The standard InChI is InChI=1S/C15H22N2O2/c1-10-5-4-6-11(2)17(10)14-8-7-12(9-13(14)16)15(18)19-3/h7-11H,4-6,16H2,1-3H3. The molecule has 0 radical (unpaired) electrons. The topological polar surface area (TPSA) is 55.6 Å². The number of nitrogens with two attached hydrogens (primary N) is 1. The molecule has 1 saturated heterocycles. The normalized spacial score (nSPS) is 23.2. The molecule has 2 rings (SSSR count). The number of methoxy groups -OCH3 is 1. The highest BCUT2D eigenvalue weighted by Crippen LogP contribution is 2.33. The van der Waals surface area contributed by atoms with Gasteiger partial charge in [0.05, 0.1) is 24.0 Å². The molecule has 4 nitrogen and oxygen atoms in total. The molecule has 2 unspecified atom stereocenters. The van der Waals surface area contributed by atoms with Gasteiger partial charge in [-0.1, -0.05) is 0 Å². The largest absolute Gasteiger partial charge is 0.465 e. The summed E-state index contributed by atoms with van der Waals surface area (Å²) in [6, 6.07) is 6.38. The van der Waals surface area contributed by atoms with Gasteiger partial charge < -0.3 is 15.4 Å². The minimum atomic E-state index is -0.349. The minimum absolute atomic E-state index is 0.349. The van der Waals surface area contributed by atoms with E-state index in [9.17, 15) is 4.79 Å². The van der Waals surface area contributed by atoms with Gasteiger partial charge in [0.25, 0.3) is 0 Å². The number of rotatable bonds is 2. The molecule has 0 saturated carbocycles. The average Bonchev–Trinajstić information content (AvgIpc) is 2.39. The number of piperidine rings is 1. The number of esters is 1. The molecule has 0 amide bonds. The van der Waals surface area contributed by atoms with E-state index in [2.05, 4.69) is 18.7 Å². The van der Waals surface area contributed by atoms with E-state index in [0.29, 0.717) is 23.3 Å². The Labute approximate surface area is 114 Å². The van der Waals surface area contributed by atoms with Gasteiger partial charge in [-0.05, 0) is 51.3 Å². The van der Waals surface area contributed by atoms with Crippen LogP contribution in [-0.4, -0.2) is 25.2 Å². The second-order valence-corrected chi connectivity index (χ2v) is 5.30. The molecule has 0 aliphatic carbocycles. The van der Waals surface area contributed by atoms with Crippen molar-refractivity contribution in [3.63, 3.8) is 0 Å². The quantitative estimate of drug-likeness (QED) is 0.657. The van der Waals surface area contributed by atoms with E-state index in [4.69, 9.17) is 10.5 Å². The first kappa shape index (κ1) is 13.7. The van der Waals surface area contributed by atoms with Gasteiger partial charge in [0, 0.05) is 12.1 Å². The number of carbonyl (C=O) groups excluding carboxylic acids is 1. The Kier molecular flexibility index (Phi) is 3.98. The predicted molar refractivity (Wildman–Crippen MR) is 77.4 cm³/mol. The Bertz CT molecular complexity index is 463. The third kappa shape index (κ3) is 2.67. The summed E-state index contributed by atoms with van der Waals surface area (Å²) in [6.45, 7) is 4.45. The second kappa shape index (κ2) is 5.51. The lowest BCUT2D eigenvalue weighted by atomic mass is 9.96. The van der Waals surface area contributed by atoms with Crippen molar-refractivity contribution < 1.29 is 9.53 Å². The molecule has 4 heteroatoms. The Morgan fingerprint density at radius 1 is 1.32 bits per heavy atom. The molecule has 1 fully saturated rings. The van der Waals surface area contributed by atoms with E-state index >= 15 is 0 Å². The molecule has 19 heavy (non-hydrogen) atoms. The van der Waals surface area contributed by atoms with E-state index < -0.39 is 0 Å². The number of ether oxygens (including phenoxy) is 1. The summed E-state index contributed by atoms with van der Waals surface area (Å²) in [7, 11) is 1.38. The van der Waals surface area contributed by atoms with Crippen LogP contribution in [-0.2, 0) is 4.74 Å². The Hall–Kier alpha value is -1.71. The molecule has 0 aromatic heterocycles. The highest BCUT2D eigenvalue weighted by atomic mass is 16.5. The van der Waals surface area contributed by atoms with Crippen LogP contribution >= 0.6 is 0 Å². The summed E-state index contributed by atoms with van der Waals surface area (Å²) in [6.07, 6.45) is 3.63. The Morgan fingerprint density at radius 3 is 2.47 bits per heavy atom. The van der Waals surface area contributed by atoms with Crippen molar-refractivity contribution in [2.24, 2.45) is 0 Å². The summed E-state index contributed by atoms with van der Waals surface area (Å²) in [5.74, 6) is -0.349. The Morgan fingerprint density at radius 2 is 1.95 bits per heavy atom. The number of benzene rings is 1. The molecule has 0 spiro atoms. The van der Waals surface area contributed by atoms with Crippen molar-refractivity contribution in [1.82, 2.24) is 0 Å². The fourth-order valence-electron chi connectivity index (χ4n) is 2.93. The minimum Gasteiger partial charge on any atom is -0.465 e. The predicted octanol–water partition coefficient (Wildman–Crippen LogP) is 2.82. The average molecular weight is 262 g/mol. The van der Waals surface area contributed by atoms with Gasteiger partial charge in [-0.2, -0.15) is 0 Å². The molecule has 104 valence electrons. The monoisotopic (exact) mass is 262 g/mol. The highest BCUT2D eigenvalue weighted by Gasteiger charge is 2.26. The summed E-state index contributed by atoms with van der Waals surface area (Å²) in [4.78, 5) is 13.9. The van der Waals surface area contributed by atoms with Crippen molar-refractivity contribution in [3.05, 3.63) is 23.8 Å². The van der Waals surface area contributed by atoms with Crippen LogP contribution in [0.3, 0.4) is 0 Å². The SMILES string of the molecule is COC(=O)c1ccc(N2C(C)CCCC2C)c(N)c1. The zero-order valence-corrected chi connectivity index (χ0v) is 11.8. The summed E-state index contributed by atoms with van der Waals surface area (Å²) in [5.41, 5.74) is 8.28. The summed E-state index contributed by atoms with van der Waals surface area (Å²) < 4.78 is 4.71. The van der Waals surface area contributed by atoms with Gasteiger partial charge >= 0.3 is 5.97 Å². The van der Waals surface area contributed by atoms with Crippen LogP contribution in [0.25, 0.3) is 0 Å². The van der Waals surface area contributed by atoms with Crippen LogP contribution in [0, 0.1) is 0 Å². The fraction of sp³-hybridized carbons (Fsp3) is 0.533. The maximum atomic E-state index is 11.5. The van der Waals surface area contributed by atoms with Crippen molar-refractivity contribution in [2.45, 2.75) is 45.2 Å². The molecule has 1 aliphatic heterocycles. The number of hydrogen-bond acceptors (Lipinski definition) is 4. The van der Waals surface area contributed by atoms with Crippen LogP contribution in [0.1, 0.15) is 43.5 Å². The van der Waals surface area contributed by atoms with Crippen LogP contribution in [0.2, 0.25) is 0 Å². The second-order valence-electron chi connectivity index (χ2n) is 5.30. The first-order valence-corrected chi connectivity index (χ1v) is 6.80. The molecular formula is C15H22N2O2. The van der Waals surface area contributed by atoms with Gasteiger partial charge in [-0.3, -0.25) is 0 Å². The van der Waals surface area contributed by atoms with Gasteiger partial charge in [0.1, 0.15) is 0 Å². The fourth-order valence-corrected chi connectivity index (χ4v) is 2.93. The van der Waals surface area contributed by atoms with E-state index in [1.807, 2.05) is 6.07 Å². The van der Waals surface area contributed by atoms with Crippen LogP contribution in [0.4, 0.5) is 11.4 Å². The zero-order valence-electron chi connectivity index (χ0n) is 11.8. The third-order valence-electron chi connectivity index (χ3n) is 3.92. The van der Waals surface area contributed by atoms with E-state index in [1.54, 1.807) is 12.1 Å². The lowest BCUT2D eigenvalue weighted by molar-refractivity contribution is 0.0601. The maximum Gasteiger partial charge on any atom is 0.337 e. The lowest BCUT2D eigenvalue weighted by Crippen LogP contribution is -2.44. The van der Waals surface area contributed by atoms with E-state index in [-0.39, 0.29) is 5.97 Å². The van der Waals surface area contributed by atoms with Gasteiger partial charge in [-0.15, -0.1) is 0 Å². The van der Waals surface area contributed by atoms with Crippen molar-refractivity contribution in [1.29, 1.82) is 0 Å². The number of anilines is 2. The highest BCUT2D eigenvalue weighted by molar-refractivity contribution is 5.92. The molecule has 1 aromatic rings. The first-order chi connectivity index (χ1) is 9.04. The number of carbonyl (C=O) groups is 1. The van der Waals surface area contributed by atoms with Gasteiger partial charge in [-0.25, -0.2) is 4.79 Å². The number of nitrogens with zero attached hydrogens (tertiary/aromatic N) is 1. The summed E-state index contributed by atoms with van der Waals surface area (Å²) in [5, 5.41) is 0. The van der Waals surface area contributed by atoms with Crippen LogP contribution < -0.4 is 10.6 Å². The third-order valence-corrected chi connectivity index (χ3v) is 3.92. The maximum absolute atomic E-state index is 11.5. The molecule has 0 bridgehead atoms. The van der Waals surface area contributed by atoms with Crippen LogP contribution in [0.15, 0.2) is 18.2 Å². The zero-order chi connectivity index (χ0) is 14.0. The van der Waals surface area contributed by atoms with Crippen molar-refractivity contribution in [3.8, 4) is 0 Å². The van der Waals surface area contributed by atoms with Crippen LogP contribution in [0.5, 0.6) is 0 Å². The molecule has 1 aromatic carbocycles. The van der Waals surface area contributed by atoms with Crippen molar-refractivity contribution in [2.75, 3.05) is 17.7 Å². The molecule has 2 N–H and O–H groups in total. The number of hydrogen-bond donors (Lipinski definition) is 1. The van der Waals surface area contributed by atoms with E-state index in [1.165, 1.54) is 26.4 Å².